The van der Waals surface area contributed by atoms with Crippen LogP contribution in [0.4, 0.5) is 5.69 Å². The van der Waals surface area contributed by atoms with Gasteiger partial charge in [-0.25, -0.2) is 0 Å². The molecule has 98 valence electrons. The molecule has 1 heterocycles. The average Bonchev–Trinajstić information content (AvgIpc) is 2.76. The summed E-state index contributed by atoms with van der Waals surface area (Å²) in [5.74, 6) is -0.0945. The number of hydrogen-bond donors (Lipinski definition) is 2. The van der Waals surface area contributed by atoms with Crippen molar-refractivity contribution in [1.29, 1.82) is 0 Å². The Morgan fingerprint density at radius 2 is 2.33 bits per heavy atom. The molecule has 1 aromatic carbocycles. The van der Waals surface area contributed by atoms with Gasteiger partial charge >= 0.3 is 0 Å². The zero-order chi connectivity index (χ0) is 13.1. The molecule has 3 unspecified atom stereocenters. The van der Waals surface area contributed by atoms with E-state index in [1.54, 1.807) is 13.0 Å². The van der Waals surface area contributed by atoms with E-state index in [-0.39, 0.29) is 17.9 Å². The Kier molecular flexibility index (Phi) is 3.99. The minimum Gasteiger partial charge on any atom is -0.389 e. The van der Waals surface area contributed by atoms with Crippen molar-refractivity contribution in [2.75, 3.05) is 11.9 Å². The van der Waals surface area contributed by atoms with Gasteiger partial charge in [0.1, 0.15) is 0 Å². The molecule has 0 aliphatic carbocycles. The van der Waals surface area contributed by atoms with Gasteiger partial charge in [-0.3, -0.25) is 4.79 Å². The highest BCUT2D eigenvalue weighted by Crippen LogP contribution is 2.23. The lowest BCUT2D eigenvalue weighted by molar-refractivity contribution is -0.121. The first-order valence-electron chi connectivity index (χ1n) is 6.28. The Morgan fingerprint density at radius 3 is 2.94 bits per heavy atom. The molecule has 4 heteroatoms. The molecule has 0 spiro atoms. The van der Waals surface area contributed by atoms with Crippen molar-refractivity contribution < 1.29 is 14.6 Å². The van der Waals surface area contributed by atoms with E-state index in [9.17, 15) is 9.90 Å². The number of hydrogen-bond acceptors (Lipinski definition) is 3. The molecule has 18 heavy (non-hydrogen) atoms. The van der Waals surface area contributed by atoms with E-state index >= 15 is 0 Å². The predicted molar refractivity (Wildman–Crippen MR) is 69.2 cm³/mol. The molecular weight excluding hydrogens is 230 g/mol. The second-order valence-corrected chi connectivity index (χ2v) is 4.76. The molecule has 3 atom stereocenters. The zero-order valence-electron chi connectivity index (χ0n) is 10.7. The van der Waals surface area contributed by atoms with Crippen molar-refractivity contribution in [2.45, 2.75) is 32.5 Å². The number of ether oxygens (including phenoxy) is 1. The Morgan fingerprint density at radius 1 is 1.56 bits per heavy atom. The molecule has 1 aliphatic rings. The molecular formula is C14H19NO3. The third-order valence-corrected chi connectivity index (χ3v) is 3.35. The van der Waals surface area contributed by atoms with Gasteiger partial charge in [-0.05, 0) is 38.0 Å². The second-order valence-electron chi connectivity index (χ2n) is 4.76. The summed E-state index contributed by atoms with van der Waals surface area (Å²) in [6.45, 7) is 4.27. The van der Waals surface area contributed by atoms with E-state index in [2.05, 4.69) is 5.32 Å². The molecule has 1 amide bonds. The molecule has 4 nitrogen and oxygen atoms in total. The second kappa shape index (κ2) is 5.50. The van der Waals surface area contributed by atoms with Gasteiger partial charge in [-0.15, -0.1) is 0 Å². The van der Waals surface area contributed by atoms with Crippen molar-refractivity contribution in [3.63, 3.8) is 0 Å². The first-order chi connectivity index (χ1) is 8.58. The quantitative estimate of drug-likeness (QED) is 0.862. The smallest absolute Gasteiger partial charge is 0.230 e. The van der Waals surface area contributed by atoms with E-state index in [4.69, 9.17) is 4.74 Å². The fourth-order valence-corrected chi connectivity index (χ4v) is 2.19. The summed E-state index contributed by atoms with van der Waals surface area (Å²) >= 11 is 0. The number of anilines is 1. The molecule has 2 N–H and O–H groups in total. The van der Waals surface area contributed by atoms with Crippen LogP contribution in [0.5, 0.6) is 0 Å². The van der Waals surface area contributed by atoms with E-state index in [1.807, 2.05) is 25.1 Å². The number of aliphatic hydroxyl groups is 1. The van der Waals surface area contributed by atoms with Crippen LogP contribution < -0.4 is 5.32 Å². The van der Waals surface area contributed by atoms with Crippen LogP contribution >= 0.6 is 0 Å². The van der Waals surface area contributed by atoms with Gasteiger partial charge in [0.2, 0.25) is 5.91 Å². The number of rotatable bonds is 3. The van der Waals surface area contributed by atoms with Crippen LogP contribution in [0.2, 0.25) is 0 Å². The summed E-state index contributed by atoms with van der Waals surface area (Å²) in [6.07, 6.45) is 0.212. The summed E-state index contributed by atoms with van der Waals surface area (Å²) in [7, 11) is 0. The lowest BCUT2D eigenvalue weighted by Gasteiger charge is -2.15. The topological polar surface area (TPSA) is 58.6 Å². The molecule has 1 aliphatic heterocycles. The first-order valence-corrected chi connectivity index (χ1v) is 6.28. The van der Waals surface area contributed by atoms with E-state index < -0.39 is 6.10 Å². The molecule has 1 fully saturated rings. The van der Waals surface area contributed by atoms with Gasteiger partial charge in [-0.1, -0.05) is 12.1 Å². The summed E-state index contributed by atoms with van der Waals surface area (Å²) in [5.41, 5.74) is 1.51. The lowest BCUT2D eigenvalue weighted by Crippen LogP contribution is -2.27. The van der Waals surface area contributed by atoms with Crippen LogP contribution in [0, 0.1) is 5.92 Å². The maximum absolute atomic E-state index is 12.1. The molecule has 1 saturated heterocycles. The lowest BCUT2D eigenvalue weighted by atomic mass is 10.0. The number of nitrogens with one attached hydrogen (secondary N) is 1. The summed E-state index contributed by atoms with van der Waals surface area (Å²) in [6, 6.07) is 7.28. The third-order valence-electron chi connectivity index (χ3n) is 3.35. The Labute approximate surface area is 107 Å². The van der Waals surface area contributed by atoms with Crippen molar-refractivity contribution >= 4 is 11.6 Å². The van der Waals surface area contributed by atoms with Crippen LogP contribution in [0.3, 0.4) is 0 Å². The Hall–Kier alpha value is -1.39. The number of amides is 1. The molecule has 0 saturated carbocycles. The molecule has 0 bridgehead atoms. The fourth-order valence-electron chi connectivity index (χ4n) is 2.19. The zero-order valence-corrected chi connectivity index (χ0v) is 10.7. The monoisotopic (exact) mass is 249 g/mol. The maximum Gasteiger partial charge on any atom is 0.230 e. The average molecular weight is 249 g/mol. The highest BCUT2D eigenvalue weighted by molar-refractivity contribution is 5.93. The minimum absolute atomic E-state index is 0.0113. The van der Waals surface area contributed by atoms with Crippen molar-refractivity contribution in [2.24, 2.45) is 5.92 Å². The van der Waals surface area contributed by atoms with Gasteiger partial charge in [0, 0.05) is 12.3 Å². The summed E-state index contributed by atoms with van der Waals surface area (Å²) < 4.78 is 5.39. The van der Waals surface area contributed by atoms with Gasteiger partial charge in [0.05, 0.1) is 18.1 Å². The van der Waals surface area contributed by atoms with Crippen LogP contribution in [-0.2, 0) is 9.53 Å². The Balaban J connectivity index is 2.04. The molecule has 1 aromatic rings. The number of carbonyl (C=O) groups excluding carboxylic acids is 1. The van der Waals surface area contributed by atoms with Crippen LogP contribution in [0.25, 0.3) is 0 Å². The maximum atomic E-state index is 12.1. The van der Waals surface area contributed by atoms with Gasteiger partial charge in [-0.2, -0.15) is 0 Å². The molecule has 2 rings (SSSR count). The number of aliphatic hydroxyl groups excluding tert-OH is 1. The SMILES string of the molecule is CC(O)c1cccc(NC(=O)C2CCOC2C)c1. The minimum atomic E-state index is -0.532. The fraction of sp³-hybridized carbons (Fsp3) is 0.500. The van der Waals surface area contributed by atoms with Gasteiger partial charge < -0.3 is 15.2 Å². The normalized spacial score (nSPS) is 24.8. The predicted octanol–water partition coefficient (Wildman–Crippen LogP) is 2.10. The van der Waals surface area contributed by atoms with E-state index in [1.165, 1.54) is 0 Å². The van der Waals surface area contributed by atoms with Crippen molar-refractivity contribution in [1.82, 2.24) is 0 Å². The summed E-state index contributed by atoms with van der Waals surface area (Å²) in [5, 5.41) is 12.4. The highest BCUT2D eigenvalue weighted by atomic mass is 16.5. The standard InChI is InChI=1S/C14H19NO3/c1-9(16)11-4-3-5-12(8-11)15-14(17)13-6-7-18-10(13)2/h3-5,8-10,13,16H,6-7H2,1-2H3,(H,15,17). The van der Waals surface area contributed by atoms with E-state index in [0.717, 1.165) is 17.7 Å². The van der Waals surface area contributed by atoms with Gasteiger partial charge in [0.25, 0.3) is 0 Å². The van der Waals surface area contributed by atoms with Crippen LogP contribution in [0.15, 0.2) is 24.3 Å². The highest BCUT2D eigenvalue weighted by Gasteiger charge is 2.30. The van der Waals surface area contributed by atoms with Crippen molar-refractivity contribution in [3.8, 4) is 0 Å². The van der Waals surface area contributed by atoms with Crippen LogP contribution in [0.1, 0.15) is 31.9 Å². The van der Waals surface area contributed by atoms with Gasteiger partial charge in [0.15, 0.2) is 0 Å². The largest absolute Gasteiger partial charge is 0.389 e. The molecule has 0 radical (unpaired) electrons. The Bertz CT molecular complexity index is 431. The van der Waals surface area contributed by atoms with Crippen LogP contribution in [-0.4, -0.2) is 23.7 Å². The first kappa shape index (κ1) is 13.1. The summed E-state index contributed by atoms with van der Waals surface area (Å²) in [4.78, 5) is 12.1. The van der Waals surface area contributed by atoms with Crippen molar-refractivity contribution in [3.05, 3.63) is 29.8 Å². The third kappa shape index (κ3) is 2.89. The number of benzene rings is 1. The van der Waals surface area contributed by atoms with E-state index in [0.29, 0.717) is 6.61 Å². The number of carbonyl (C=O) groups is 1. The molecule has 0 aromatic heterocycles.